The molecule has 0 aliphatic heterocycles. The van der Waals surface area contributed by atoms with Gasteiger partial charge in [-0.1, -0.05) is 35.9 Å². The molecule has 0 radical (unpaired) electrons. The fourth-order valence-corrected chi connectivity index (χ4v) is 2.35. The third kappa shape index (κ3) is 4.86. The van der Waals surface area contributed by atoms with Gasteiger partial charge in [-0.15, -0.1) is 0 Å². The molecule has 132 valence electrons. The van der Waals surface area contributed by atoms with Crippen LogP contribution in [0.4, 0.5) is 5.69 Å². The minimum atomic E-state index is -0.596. The Hall–Kier alpha value is -3.27. The van der Waals surface area contributed by atoms with Gasteiger partial charge in [0, 0.05) is 5.69 Å². The molecule has 0 saturated carbocycles. The highest BCUT2D eigenvalue weighted by Gasteiger charge is 2.14. The standard InChI is InChI=1S/C22H21NO3/c1-16-8-12-20(13-9-16)26-21-14-10-18(11-15-21)23-22(24)17(2)25-19-6-4-3-5-7-19/h3-15,17H,1-2H3,(H,23,24)/t17-/m0/s1. The van der Waals surface area contributed by atoms with Crippen molar-refractivity contribution in [3.05, 3.63) is 84.4 Å². The summed E-state index contributed by atoms with van der Waals surface area (Å²) in [4.78, 5) is 12.3. The van der Waals surface area contributed by atoms with Gasteiger partial charge in [0.25, 0.3) is 5.91 Å². The molecule has 0 fully saturated rings. The second-order valence-corrected chi connectivity index (χ2v) is 6.00. The van der Waals surface area contributed by atoms with Gasteiger partial charge in [0.2, 0.25) is 0 Å². The molecule has 4 heteroatoms. The lowest BCUT2D eigenvalue weighted by molar-refractivity contribution is -0.122. The van der Waals surface area contributed by atoms with Crippen LogP contribution in [-0.2, 0) is 4.79 Å². The number of hydrogen-bond acceptors (Lipinski definition) is 3. The fourth-order valence-electron chi connectivity index (χ4n) is 2.35. The molecule has 0 heterocycles. The number of aryl methyl sites for hydroxylation is 1. The Bertz CT molecular complexity index is 843. The molecular formula is C22H21NO3. The monoisotopic (exact) mass is 347 g/mol. The van der Waals surface area contributed by atoms with Crippen LogP contribution in [0.5, 0.6) is 17.2 Å². The Morgan fingerprint density at radius 3 is 2.00 bits per heavy atom. The Labute approximate surface area is 153 Å². The summed E-state index contributed by atoms with van der Waals surface area (Å²) < 4.78 is 11.4. The molecule has 4 nitrogen and oxygen atoms in total. The first-order chi connectivity index (χ1) is 12.6. The number of para-hydroxylation sites is 1. The van der Waals surface area contributed by atoms with E-state index in [9.17, 15) is 4.79 Å². The number of amides is 1. The third-order valence-electron chi connectivity index (χ3n) is 3.80. The zero-order valence-electron chi connectivity index (χ0n) is 14.8. The average Bonchev–Trinajstić information content (AvgIpc) is 2.66. The summed E-state index contributed by atoms with van der Waals surface area (Å²) in [5.41, 5.74) is 1.87. The molecule has 0 spiro atoms. The lowest BCUT2D eigenvalue weighted by Crippen LogP contribution is -2.30. The molecule has 1 atom stereocenters. The van der Waals surface area contributed by atoms with E-state index in [2.05, 4.69) is 5.32 Å². The van der Waals surface area contributed by atoms with Crippen molar-refractivity contribution in [2.24, 2.45) is 0 Å². The van der Waals surface area contributed by atoms with Gasteiger partial charge < -0.3 is 14.8 Å². The maximum atomic E-state index is 12.3. The summed E-state index contributed by atoms with van der Waals surface area (Å²) in [5, 5.41) is 2.84. The number of rotatable bonds is 6. The topological polar surface area (TPSA) is 47.6 Å². The van der Waals surface area contributed by atoms with Crippen molar-refractivity contribution in [2.75, 3.05) is 5.32 Å². The van der Waals surface area contributed by atoms with Crippen LogP contribution in [0.1, 0.15) is 12.5 Å². The van der Waals surface area contributed by atoms with Crippen LogP contribution >= 0.6 is 0 Å². The van der Waals surface area contributed by atoms with Crippen LogP contribution in [0.2, 0.25) is 0 Å². The number of hydrogen-bond donors (Lipinski definition) is 1. The lowest BCUT2D eigenvalue weighted by Gasteiger charge is -2.15. The van der Waals surface area contributed by atoms with E-state index in [1.165, 1.54) is 5.56 Å². The molecule has 0 aromatic heterocycles. The van der Waals surface area contributed by atoms with Crippen LogP contribution in [0, 0.1) is 6.92 Å². The highest BCUT2D eigenvalue weighted by molar-refractivity contribution is 5.94. The first-order valence-corrected chi connectivity index (χ1v) is 8.47. The fraction of sp³-hybridized carbons (Fsp3) is 0.136. The smallest absolute Gasteiger partial charge is 0.265 e. The predicted molar refractivity (Wildman–Crippen MR) is 103 cm³/mol. The van der Waals surface area contributed by atoms with Crippen LogP contribution < -0.4 is 14.8 Å². The molecule has 26 heavy (non-hydrogen) atoms. The summed E-state index contributed by atoms with van der Waals surface area (Å²) >= 11 is 0. The molecule has 3 aromatic carbocycles. The van der Waals surface area contributed by atoms with Crippen molar-refractivity contribution in [2.45, 2.75) is 20.0 Å². The number of benzene rings is 3. The minimum Gasteiger partial charge on any atom is -0.481 e. The normalized spacial score (nSPS) is 11.5. The summed E-state index contributed by atoms with van der Waals surface area (Å²) in [6.45, 7) is 3.75. The Balaban J connectivity index is 1.56. The maximum absolute atomic E-state index is 12.3. The number of nitrogens with one attached hydrogen (secondary N) is 1. The molecule has 0 aliphatic rings. The first kappa shape index (κ1) is 17.5. The van der Waals surface area contributed by atoms with E-state index in [-0.39, 0.29) is 5.91 Å². The summed E-state index contributed by atoms with van der Waals surface area (Å²) in [5.74, 6) is 1.94. The largest absolute Gasteiger partial charge is 0.481 e. The second kappa shape index (κ2) is 8.21. The van der Waals surface area contributed by atoms with Crippen molar-refractivity contribution in [3.8, 4) is 17.2 Å². The second-order valence-electron chi connectivity index (χ2n) is 6.00. The van der Waals surface area contributed by atoms with Gasteiger partial charge in [-0.05, 0) is 62.4 Å². The van der Waals surface area contributed by atoms with Gasteiger partial charge in [0.15, 0.2) is 6.10 Å². The van der Waals surface area contributed by atoms with Crippen LogP contribution in [-0.4, -0.2) is 12.0 Å². The van der Waals surface area contributed by atoms with Gasteiger partial charge >= 0.3 is 0 Å². The first-order valence-electron chi connectivity index (χ1n) is 8.47. The Kier molecular flexibility index (Phi) is 5.54. The van der Waals surface area contributed by atoms with Crippen molar-refractivity contribution < 1.29 is 14.3 Å². The predicted octanol–water partition coefficient (Wildman–Crippen LogP) is 5.19. The van der Waals surface area contributed by atoms with Crippen molar-refractivity contribution in [3.63, 3.8) is 0 Å². The van der Waals surface area contributed by atoms with Gasteiger partial charge in [-0.2, -0.15) is 0 Å². The average molecular weight is 347 g/mol. The zero-order valence-corrected chi connectivity index (χ0v) is 14.8. The van der Waals surface area contributed by atoms with Gasteiger partial charge in [0.1, 0.15) is 17.2 Å². The summed E-state index contributed by atoms with van der Waals surface area (Å²) in [7, 11) is 0. The molecule has 1 N–H and O–H groups in total. The summed E-state index contributed by atoms with van der Waals surface area (Å²) in [6, 6.07) is 24.4. The van der Waals surface area contributed by atoms with E-state index < -0.39 is 6.10 Å². The minimum absolute atomic E-state index is 0.207. The van der Waals surface area contributed by atoms with Crippen molar-refractivity contribution in [1.29, 1.82) is 0 Å². The highest BCUT2D eigenvalue weighted by atomic mass is 16.5. The molecular weight excluding hydrogens is 326 g/mol. The Morgan fingerprint density at radius 1 is 0.808 bits per heavy atom. The molecule has 0 aliphatic carbocycles. The van der Waals surface area contributed by atoms with E-state index in [1.54, 1.807) is 19.1 Å². The number of ether oxygens (including phenoxy) is 2. The lowest BCUT2D eigenvalue weighted by atomic mass is 10.2. The number of carbonyl (C=O) groups is 1. The van der Waals surface area contributed by atoms with Crippen LogP contribution in [0.3, 0.4) is 0 Å². The van der Waals surface area contributed by atoms with E-state index >= 15 is 0 Å². The highest BCUT2D eigenvalue weighted by Crippen LogP contribution is 2.23. The van der Waals surface area contributed by atoms with Crippen molar-refractivity contribution in [1.82, 2.24) is 0 Å². The Morgan fingerprint density at radius 2 is 1.38 bits per heavy atom. The van der Waals surface area contributed by atoms with E-state index in [4.69, 9.17) is 9.47 Å². The number of carbonyl (C=O) groups excluding carboxylic acids is 1. The van der Waals surface area contributed by atoms with E-state index in [1.807, 2.05) is 73.7 Å². The van der Waals surface area contributed by atoms with Crippen LogP contribution in [0.25, 0.3) is 0 Å². The van der Waals surface area contributed by atoms with Crippen molar-refractivity contribution >= 4 is 11.6 Å². The van der Waals surface area contributed by atoms with Gasteiger partial charge in [-0.25, -0.2) is 0 Å². The maximum Gasteiger partial charge on any atom is 0.265 e. The molecule has 3 aromatic rings. The molecule has 1 amide bonds. The van der Waals surface area contributed by atoms with E-state index in [0.29, 0.717) is 17.2 Å². The van der Waals surface area contributed by atoms with Crippen LogP contribution in [0.15, 0.2) is 78.9 Å². The third-order valence-corrected chi connectivity index (χ3v) is 3.80. The molecule has 0 unspecified atom stereocenters. The zero-order chi connectivity index (χ0) is 18.4. The summed E-state index contributed by atoms with van der Waals surface area (Å²) in [6.07, 6.45) is -0.596. The van der Waals surface area contributed by atoms with E-state index in [0.717, 1.165) is 5.75 Å². The SMILES string of the molecule is Cc1ccc(Oc2ccc(NC(=O)[C@H](C)Oc3ccccc3)cc2)cc1. The quantitative estimate of drug-likeness (QED) is 0.667. The molecule has 3 rings (SSSR count). The van der Waals surface area contributed by atoms with Gasteiger partial charge in [0.05, 0.1) is 0 Å². The molecule has 0 saturated heterocycles. The van der Waals surface area contributed by atoms with Gasteiger partial charge in [-0.3, -0.25) is 4.79 Å². The molecule has 0 bridgehead atoms. The number of anilines is 1.